The Balaban J connectivity index is 4.60. The molecule has 0 saturated carbocycles. The molecule has 0 aliphatic heterocycles. The second kappa shape index (κ2) is 6.84. The summed E-state index contributed by atoms with van der Waals surface area (Å²) in [6.07, 6.45) is 0. The summed E-state index contributed by atoms with van der Waals surface area (Å²) in [5.41, 5.74) is -1.37. The van der Waals surface area contributed by atoms with Crippen molar-refractivity contribution in [2.45, 2.75) is 26.4 Å². The van der Waals surface area contributed by atoms with Gasteiger partial charge in [0.2, 0.25) is 0 Å². The zero-order valence-corrected chi connectivity index (χ0v) is 11.6. The van der Waals surface area contributed by atoms with Crippen LogP contribution in [0.25, 0.3) is 0 Å². The van der Waals surface area contributed by atoms with Crippen molar-refractivity contribution in [1.29, 1.82) is 0 Å². The third-order valence-corrected chi connectivity index (χ3v) is 2.65. The normalized spacial score (nSPS) is 17.4. The summed E-state index contributed by atoms with van der Waals surface area (Å²) in [6.45, 7) is 2.97. The number of hydrogen-bond acceptors (Lipinski definition) is 7. The molecule has 0 saturated heterocycles. The summed E-state index contributed by atoms with van der Waals surface area (Å²) in [7, 11) is -3.20. The van der Waals surface area contributed by atoms with Crippen molar-refractivity contribution in [2.24, 2.45) is 0 Å². The van der Waals surface area contributed by atoms with E-state index in [4.69, 9.17) is 14.4 Å². The SMILES string of the molecule is COP(=O)(O)OC[C@@](C)(COC(C)=O)OC(C)=O. The molecule has 0 radical (unpaired) electrons. The average Bonchev–Trinajstić information content (AvgIpc) is 2.23. The van der Waals surface area contributed by atoms with E-state index in [1.807, 2.05) is 0 Å². The highest BCUT2D eigenvalue weighted by Crippen LogP contribution is 2.42. The molecule has 0 fully saturated rings. The van der Waals surface area contributed by atoms with Gasteiger partial charge in [-0.3, -0.25) is 18.6 Å². The Labute approximate surface area is 105 Å². The Hall–Kier alpha value is -0.950. The fraction of sp³-hybridized carbons (Fsp3) is 0.778. The van der Waals surface area contributed by atoms with Crippen molar-refractivity contribution in [3.05, 3.63) is 0 Å². The number of ether oxygens (including phenoxy) is 2. The van der Waals surface area contributed by atoms with Crippen LogP contribution >= 0.6 is 7.82 Å². The summed E-state index contributed by atoms with van der Waals surface area (Å²) >= 11 is 0. The third kappa shape index (κ3) is 7.39. The van der Waals surface area contributed by atoms with Crippen molar-refractivity contribution >= 4 is 19.8 Å². The van der Waals surface area contributed by atoms with E-state index in [0.717, 1.165) is 14.0 Å². The lowest BCUT2D eigenvalue weighted by molar-refractivity contribution is -0.172. The highest BCUT2D eigenvalue weighted by Gasteiger charge is 2.34. The average molecular weight is 284 g/mol. The van der Waals surface area contributed by atoms with Gasteiger partial charge in [0.05, 0.1) is 0 Å². The van der Waals surface area contributed by atoms with Gasteiger partial charge in [-0.15, -0.1) is 0 Å². The monoisotopic (exact) mass is 284 g/mol. The number of hydrogen-bond donors (Lipinski definition) is 1. The van der Waals surface area contributed by atoms with E-state index in [9.17, 15) is 14.2 Å². The summed E-state index contributed by atoms with van der Waals surface area (Å²) in [4.78, 5) is 30.7. The maximum atomic E-state index is 11.1. The molecular formula is C9H17O8P. The number of esters is 2. The molecular weight excluding hydrogens is 267 g/mol. The number of carbonyl (C=O) groups is 2. The van der Waals surface area contributed by atoms with Gasteiger partial charge in [0, 0.05) is 21.0 Å². The largest absolute Gasteiger partial charge is 0.472 e. The molecule has 0 aromatic rings. The van der Waals surface area contributed by atoms with E-state index in [0.29, 0.717) is 0 Å². The molecule has 0 bridgehead atoms. The van der Waals surface area contributed by atoms with Crippen LogP contribution in [-0.4, -0.2) is 42.8 Å². The number of carbonyl (C=O) groups excluding carboxylic acids is 2. The molecule has 0 rings (SSSR count). The van der Waals surface area contributed by atoms with Crippen LogP contribution in [-0.2, 0) is 32.7 Å². The summed E-state index contributed by atoms with van der Waals surface area (Å²) in [5.74, 6) is -1.22. The van der Waals surface area contributed by atoms with Gasteiger partial charge in [0.15, 0.2) is 5.60 Å². The number of phosphoric acid groups is 1. The lowest BCUT2D eigenvalue weighted by atomic mass is 10.1. The fourth-order valence-electron chi connectivity index (χ4n) is 0.973. The number of phosphoric ester groups is 1. The second-order valence-electron chi connectivity index (χ2n) is 3.75. The highest BCUT2D eigenvalue weighted by atomic mass is 31.2. The van der Waals surface area contributed by atoms with Gasteiger partial charge in [-0.25, -0.2) is 4.57 Å². The molecule has 1 N–H and O–H groups in total. The molecule has 0 aromatic carbocycles. The highest BCUT2D eigenvalue weighted by molar-refractivity contribution is 7.47. The van der Waals surface area contributed by atoms with Crippen LogP contribution < -0.4 is 0 Å². The topological polar surface area (TPSA) is 108 Å². The molecule has 0 spiro atoms. The van der Waals surface area contributed by atoms with Crippen molar-refractivity contribution in [3.63, 3.8) is 0 Å². The van der Waals surface area contributed by atoms with E-state index in [2.05, 4.69) is 9.05 Å². The molecule has 106 valence electrons. The van der Waals surface area contributed by atoms with Crippen LogP contribution in [0.5, 0.6) is 0 Å². The van der Waals surface area contributed by atoms with Crippen LogP contribution in [0.4, 0.5) is 0 Å². The maximum Gasteiger partial charge on any atom is 0.472 e. The molecule has 0 aromatic heterocycles. The molecule has 8 nitrogen and oxygen atoms in total. The molecule has 0 aliphatic rings. The summed E-state index contributed by atoms with van der Waals surface area (Å²) < 4.78 is 29.5. The number of rotatable bonds is 7. The first-order valence-electron chi connectivity index (χ1n) is 4.96. The van der Waals surface area contributed by atoms with E-state index < -0.39 is 32.0 Å². The zero-order valence-electron chi connectivity index (χ0n) is 10.7. The Kier molecular flexibility index (Phi) is 6.48. The van der Waals surface area contributed by atoms with Crippen molar-refractivity contribution in [3.8, 4) is 0 Å². The van der Waals surface area contributed by atoms with Gasteiger partial charge in [0.1, 0.15) is 13.2 Å². The third-order valence-electron chi connectivity index (χ3n) is 1.73. The molecule has 1 unspecified atom stereocenters. The molecule has 18 heavy (non-hydrogen) atoms. The summed E-state index contributed by atoms with van der Waals surface area (Å²) in [6, 6.07) is 0. The quantitative estimate of drug-likeness (QED) is 0.535. The van der Waals surface area contributed by atoms with Gasteiger partial charge in [-0.2, -0.15) is 0 Å². The summed E-state index contributed by atoms with van der Waals surface area (Å²) in [5, 5.41) is 0. The van der Waals surface area contributed by atoms with Crippen molar-refractivity contribution in [1.82, 2.24) is 0 Å². The minimum atomic E-state index is -4.19. The Morgan fingerprint density at radius 3 is 2.17 bits per heavy atom. The lowest BCUT2D eigenvalue weighted by Crippen LogP contribution is -2.41. The minimum Gasteiger partial charge on any atom is -0.462 e. The molecule has 9 heteroatoms. The first kappa shape index (κ1) is 17.1. The van der Waals surface area contributed by atoms with E-state index >= 15 is 0 Å². The fourth-order valence-corrected chi connectivity index (χ4v) is 1.51. The van der Waals surface area contributed by atoms with Gasteiger partial charge in [-0.1, -0.05) is 0 Å². The first-order valence-corrected chi connectivity index (χ1v) is 6.46. The van der Waals surface area contributed by atoms with Crippen molar-refractivity contribution < 1.29 is 37.6 Å². The smallest absolute Gasteiger partial charge is 0.462 e. The van der Waals surface area contributed by atoms with Gasteiger partial charge in [-0.05, 0) is 6.92 Å². The molecule has 0 aliphatic carbocycles. The molecule has 0 amide bonds. The minimum absolute atomic E-state index is 0.300. The Bertz CT molecular complexity index is 354. The second-order valence-corrected chi connectivity index (χ2v) is 5.31. The predicted molar refractivity (Wildman–Crippen MR) is 59.6 cm³/mol. The van der Waals surface area contributed by atoms with Crippen LogP contribution in [0.3, 0.4) is 0 Å². The predicted octanol–water partition coefficient (Wildman–Crippen LogP) is 0.635. The maximum absolute atomic E-state index is 11.1. The van der Waals surface area contributed by atoms with Gasteiger partial charge in [0.25, 0.3) is 0 Å². The van der Waals surface area contributed by atoms with Crippen LogP contribution in [0.15, 0.2) is 0 Å². The van der Waals surface area contributed by atoms with Crippen LogP contribution in [0.1, 0.15) is 20.8 Å². The molecule has 0 heterocycles. The van der Waals surface area contributed by atoms with Gasteiger partial charge < -0.3 is 14.4 Å². The van der Waals surface area contributed by atoms with E-state index in [1.165, 1.54) is 13.8 Å². The van der Waals surface area contributed by atoms with Gasteiger partial charge >= 0.3 is 19.8 Å². The van der Waals surface area contributed by atoms with Crippen molar-refractivity contribution in [2.75, 3.05) is 20.3 Å². The standard InChI is InChI=1S/C9H17O8P/c1-7(10)15-5-9(3,17-8(2)11)6-16-18(12,13)14-4/h5-6H2,1-4H3,(H,12,13)/t9-/m1/s1. The Morgan fingerprint density at radius 1 is 1.22 bits per heavy atom. The van der Waals surface area contributed by atoms with E-state index in [1.54, 1.807) is 0 Å². The lowest BCUT2D eigenvalue weighted by Gasteiger charge is -2.28. The van der Waals surface area contributed by atoms with Crippen LogP contribution in [0, 0.1) is 0 Å². The van der Waals surface area contributed by atoms with E-state index in [-0.39, 0.29) is 6.61 Å². The van der Waals surface area contributed by atoms with Crippen LogP contribution in [0.2, 0.25) is 0 Å². The molecule has 2 atom stereocenters. The first-order chi connectivity index (χ1) is 8.10. The Morgan fingerprint density at radius 2 is 1.78 bits per heavy atom. The zero-order chi connectivity index (χ0) is 14.4.